The molecule has 2 nitrogen and oxygen atoms in total. The number of halogens is 1. The molecule has 0 radical (unpaired) electrons. The Hall–Kier alpha value is -1.02. The monoisotopic (exact) mass is 238 g/mol. The second kappa shape index (κ2) is 4.88. The average Bonchev–Trinajstić information content (AvgIpc) is 2.66. The lowest BCUT2D eigenvalue weighted by atomic mass is 9.97. The maximum absolute atomic E-state index is 10.8. The maximum atomic E-state index is 10.8. The number of carbonyl (C=O) groups is 1. The molecule has 1 aromatic rings. The van der Waals surface area contributed by atoms with Crippen LogP contribution in [0.3, 0.4) is 0 Å². The zero-order valence-electron chi connectivity index (χ0n) is 9.03. The van der Waals surface area contributed by atoms with Crippen LogP contribution in [0.5, 0.6) is 0 Å². The highest BCUT2D eigenvalue weighted by Gasteiger charge is 2.29. The van der Waals surface area contributed by atoms with Crippen molar-refractivity contribution in [3.05, 3.63) is 34.9 Å². The van der Waals surface area contributed by atoms with Crippen LogP contribution in [0.2, 0.25) is 5.02 Å². The van der Waals surface area contributed by atoms with Gasteiger partial charge in [0.25, 0.3) is 0 Å². The van der Waals surface area contributed by atoms with Crippen molar-refractivity contribution in [3.63, 3.8) is 0 Å². The average molecular weight is 239 g/mol. The van der Waals surface area contributed by atoms with Crippen molar-refractivity contribution in [1.82, 2.24) is 0 Å². The van der Waals surface area contributed by atoms with Crippen molar-refractivity contribution in [3.8, 4) is 0 Å². The molecule has 3 heteroatoms. The van der Waals surface area contributed by atoms with E-state index >= 15 is 0 Å². The molecule has 0 saturated heterocycles. The molecule has 2 rings (SSSR count). The molecule has 1 aliphatic carbocycles. The molecule has 0 aliphatic heterocycles. The summed E-state index contributed by atoms with van der Waals surface area (Å²) < 4.78 is 0. The summed E-state index contributed by atoms with van der Waals surface area (Å²) in [6.45, 7) is 0. The maximum Gasteiger partial charge on any atom is 0.306 e. The Balaban J connectivity index is 1.94. The summed E-state index contributed by atoms with van der Waals surface area (Å²) in [5, 5.41) is 9.68. The first kappa shape index (κ1) is 11.5. The third-order valence-electron chi connectivity index (χ3n) is 3.30. The van der Waals surface area contributed by atoms with Crippen LogP contribution in [-0.2, 0) is 11.2 Å². The molecule has 16 heavy (non-hydrogen) atoms. The van der Waals surface area contributed by atoms with E-state index in [0.717, 1.165) is 30.7 Å². The van der Waals surface area contributed by atoms with E-state index in [4.69, 9.17) is 16.7 Å². The molecule has 0 heterocycles. The van der Waals surface area contributed by atoms with Crippen LogP contribution in [0, 0.1) is 11.8 Å². The van der Waals surface area contributed by atoms with Gasteiger partial charge in [0.1, 0.15) is 0 Å². The fourth-order valence-corrected chi connectivity index (χ4v) is 2.69. The van der Waals surface area contributed by atoms with Crippen LogP contribution in [-0.4, -0.2) is 11.1 Å². The summed E-state index contributed by atoms with van der Waals surface area (Å²) in [6.07, 6.45) is 3.59. The normalized spacial score (nSPS) is 24.6. The van der Waals surface area contributed by atoms with Crippen molar-refractivity contribution < 1.29 is 9.90 Å². The van der Waals surface area contributed by atoms with Gasteiger partial charge in [-0.3, -0.25) is 4.79 Å². The van der Waals surface area contributed by atoms with Crippen LogP contribution < -0.4 is 0 Å². The lowest BCUT2D eigenvalue weighted by Crippen LogP contribution is -2.10. The summed E-state index contributed by atoms with van der Waals surface area (Å²) >= 11 is 5.92. The number of hydrogen-bond acceptors (Lipinski definition) is 1. The molecule has 1 aromatic carbocycles. The Bertz CT molecular complexity index is 389. The minimum Gasteiger partial charge on any atom is -0.481 e. The molecular weight excluding hydrogens is 224 g/mol. The highest BCUT2D eigenvalue weighted by molar-refractivity contribution is 6.30. The number of benzene rings is 1. The van der Waals surface area contributed by atoms with Gasteiger partial charge < -0.3 is 5.11 Å². The Morgan fingerprint density at radius 3 is 2.88 bits per heavy atom. The predicted octanol–water partition coefficient (Wildman–Crippen LogP) is 3.38. The van der Waals surface area contributed by atoms with Gasteiger partial charge in [0, 0.05) is 5.02 Å². The molecule has 1 fully saturated rings. The molecule has 0 aromatic heterocycles. The summed E-state index contributed by atoms with van der Waals surface area (Å²) in [6, 6.07) is 7.83. The van der Waals surface area contributed by atoms with Gasteiger partial charge in [0.05, 0.1) is 5.92 Å². The second-order valence-corrected chi connectivity index (χ2v) is 4.98. The topological polar surface area (TPSA) is 37.3 Å². The quantitative estimate of drug-likeness (QED) is 0.877. The van der Waals surface area contributed by atoms with Crippen LogP contribution in [0.1, 0.15) is 24.8 Å². The molecule has 86 valence electrons. The molecular formula is C13H15ClO2. The van der Waals surface area contributed by atoms with Gasteiger partial charge in [0.2, 0.25) is 0 Å². The zero-order valence-corrected chi connectivity index (χ0v) is 9.78. The molecule has 0 bridgehead atoms. The first-order chi connectivity index (χ1) is 7.65. The minimum atomic E-state index is -0.645. The molecule has 1 aliphatic rings. The highest BCUT2D eigenvalue weighted by atomic mass is 35.5. The van der Waals surface area contributed by atoms with Gasteiger partial charge in [-0.05, 0) is 49.3 Å². The number of carboxylic acids is 1. The lowest BCUT2D eigenvalue weighted by Gasteiger charge is -2.09. The van der Waals surface area contributed by atoms with Gasteiger partial charge >= 0.3 is 5.97 Å². The van der Waals surface area contributed by atoms with Gasteiger partial charge in [-0.15, -0.1) is 0 Å². The first-order valence-corrected chi connectivity index (χ1v) is 6.00. The van der Waals surface area contributed by atoms with E-state index in [1.54, 1.807) is 0 Å². The summed E-state index contributed by atoms with van der Waals surface area (Å²) in [7, 11) is 0. The molecule has 2 atom stereocenters. The van der Waals surface area contributed by atoms with Gasteiger partial charge in [0.15, 0.2) is 0 Å². The summed E-state index contributed by atoms with van der Waals surface area (Å²) in [5.41, 5.74) is 1.21. The lowest BCUT2D eigenvalue weighted by molar-refractivity contribution is -0.141. The fraction of sp³-hybridized carbons (Fsp3) is 0.462. The predicted molar refractivity (Wildman–Crippen MR) is 63.6 cm³/mol. The van der Waals surface area contributed by atoms with Crippen molar-refractivity contribution in [2.45, 2.75) is 25.7 Å². The highest BCUT2D eigenvalue weighted by Crippen LogP contribution is 2.33. The van der Waals surface area contributed by atoms with Crippen LogP contribution in [0.4, 0.5) is 0 Å². The van der Waals surface area contributed by atoms with E-state index in [9.17, 15) is 4.79 Å². The molecule has 0 amide bonds. The van der Waals surface area contributed by atoms with E-state index < -0.39 is 5.97 Å². The van der Waals surface area contributed by atoms with Crippen LogP contribution in [0.15, 0.2) is 24.3 Å². The van der Waals surface area contributed by atoms with Gasteiger partial charge in [-0.1, -0.05) is 23.7 Å². The van der Waals surface area contributed by atoms with E-state index in [1.165, 1.54) is 5.56 Å². The van der Waals surface area contributed by atoms with E-state index in [1.807, 2.05) is 18.2 Å². The summed E-state index contributed by atoms with van der Waals surface area (Å²) in [5.74, 6) is -0.280. The van der Waals surface area contributed by atoms with Crippen LogP contribution in [0.25, 0.3) is 0 Å². The third kappa shape index (κ3) is 2.76. The van der Waals surface area contributed by atoms with Crippen molar-refractivity contribution >= 4 is 17.6 Å². The van der Waals surface area contributed by atoms with Gasteiger partial charge in [-0.25, -0.2) is 0 Å². The number of aliphatic carboxylic acids is 1. The SMILES string of the molecule is O=C(O)[C@@H]1CC[C@@H](Cc2cccc(Cl)c2)C1. The standard InChI is InChI=1S/C13H15ClO2/c14-12-3-1-2-9(8-12)6-10-4-5-11(7-10)13(15)16/h1-3,8,10-11H,4-7H2,(H,15,16)/t10-,11+/m0/s1. The van der Waals surface area contributed by atoms with Crippen molar-refractivity contribution in [1.29, 1.82) is 0 Å². The first-order valence-electron chi connectivity index (χ1n) is 5.62. The number of hydrogen-bond donors (Lipinski definition) is 1. The molecule has 1 saturated carbocycles. The Kier molecular flexibility index (Phi) is 3.49. The smallest absolute Gasteiger partial charge is 0.306 e. The Labute approximate surface area is 100 Å². The molecule has 0 unspecified atom stereocenters. The van der Waals surface area contributed by atoms with Crippen molar-refractivity contribution in [2.75, 3.05) is 0 Å². The van der Waals surface area contributed by atoms with Crippen molar-refractivity contribution in [2.24, 2.45) is 11.8 Å². The van der Waals surface area contributed by atoms with Crippen LogP contribution >= 0.6 is 11.6 Å². The Morgan fingerprint density at radius 2 is 2.25 bits per heavy atom. The van der Waals surface area contributed by atoms with Gasteiger partial charge in [-0.2, -0.15) is 0 Å². The Morgan fingerprint density at radius 1 is 1.44 bits per heavy atom. The molecule has 0 spiro atoms. The zero-order chi connectivity index (χ0) is 11.5. The summed E-state index contributed by atoms with van der Waals surface area (Å²) in [4.78, 5) is 10.8. The van der Waals surface area contributed by atoms with E-state index in [2.05, 4.69) is 6.07 Å². The number of carboxylic acid groups (broad SMARTS) is 1. The second-order valence-electron chi connectivity index (χ2n) is 4.55. The van der Waals surface area contributed by atoms with E-state index in [-0.39, 0.29) is 5.92 Å². The van der Waals surface area contributed by atoms with E-state index in [0.29, 0.717) is 5.92 Å². The fourth-order valence-electron chi connectivity index (χ4n) is 2.48. The number of rotatable bonds is 3. The largest absolute Gasteiger partial charge is 0.481 e. The molecule has 1 N–H and O–H groups in total. The minimum absolute atomic E-state index is 0.135. The third-order valence-corrected chi connectivity index (χ3v) is 3.54.